The number of para-hydroxylation sites is 1. The van der Waals surface area contributed by atoms with Crippen LogP contribution in [0.1, 0.15) is 51.0 Å². The van der Waals surface area contributed by atoms with E-state index in [1.54, 1.807) is 0 Å². The number of rotatable bonds is 5. The molecule has 1 aromatic rings. The van der Waals surface area contributed by atoms with Gasteiger partial charge >= 0.3 is 0 Å². The highest BCUT2D eigenvalue weighted by atomic mass is 32.1. The lowest BCUT2D eigenvalue weighted by Crippen LogP contribution is -2.39. The first-order valence-electron chi connectivity index (χ1n) is 8.12. The Morgan fingerprint density at radius 1 is 1.10 bits per heavy atom. The van der Waals surface area contributed by atoms with Gasteiger partial charge in [0.15, 0.2) is 0 Å². The van der Waals surface area contributed by atoms with Crippen molar-refractivity contribution in [3.8, 4) is 0 Å². The van der Waals surface area contributed by atoms with E-state index in [4.69, 9.17) is 12.6 Å². The van der Waals surface area contributed by atoms with Gasteiger partial charge in [-0.15, -0.1) is 0 Å². The number of thiol groups is 1. The number of hydrogen-bond donors (Lipinski definition) is 1. The van der Waals surface area contributed by atoms with Gasteiger partial charge < -0.3 is 4.90 Å². The second-order valence-corrected chi connectivity index (χ2v) is 6.69. The second-order valence-electron chi connectivity index (χ2n) is 6.37. The number of nitrogens with zero attached hydrogens (tertiary/aromatic N) is 1. The predicted molar refractivity (Wildman–Crippen MR) is 93.1 cm³/mol. The third-order valence-corrected chi connectivity index (χ3v) is 5.53. The highest BCUT2D eigenvalue weighted by Gasteiger charge is 2.31. The lowest BCUT2D eigenvalue weighted by Gasteiger charge is -2.38. The predicted octanol–water partition coefficient (Wildman–Crippen LogP) is 5.09. The van der Waals surface area contributed by atoms with Crippen LogP contribution in [0, 0.1) is 12.3 Å². The smallest absolute Gasteiger partial charge is 0.0396 e. The van der Waals surface area contributed by atoms with Gasteiger partial charge in [0.05, 0.1) is 0 Å². The first kappa shape index (κ1) is 15.8. The lowest BCUT2D eigenvalue weighted by atomic mass is 9.81. The van der Waals surface area contributed by atoms with Gasteiger partial charge in [0.2, 0.25) is 0 Å². The molecule has 0 heterocycles. The molecule has 0 N–H and O–H groups in total. The normalized spacial score (nSPS) is 18.6. The summed E-state index contributed by atoms with van der Waals surface area (Å²) in [6.07, 6.45) is 8.27. The van der Waals surface area contributed by atoms with Crippen molar-refractivity contribution in [2.75, 3.05) is 23.7 Å². The quantitative estimate of drug-likeness (QED) is 0.584. The van der Waals surface area contributed by atoms with Gasteiger partial charge in [-0.25, -0.2) is 0 Å². The van der Waals surface area contributed by atoms with Crippen molar-refractivity contribution in [2.45, 2.75) is 52.4 Å². The van der Waals surface area contributed by atoms with Crippen molar-refractivity contribution in [2.24, 2.45) is 5.41 Å². The molecular weight excluding hydrogens is 262 g/mol. The summed E-state index contributed by atoms with van der Waals surface area (Å²) in [4.78, 5) is 2.57. The second kappa shape index (κ2) is 7.40. The third kappa shape index (κ3) is 3.72. The van der Waals surface area contributed by atoms with Gasteiger partial charge in [-0.1, -0.05) is 43.9 Å². The largest absolute Gasteiger partial charge is 0.371 e. The molecule has 0 radical (unpaired) electrons. The SMILES string of the molecule is CCN(CC1(CS)CCCCCC1)c1ccccc1C. The molecule has 0 aromatic heterocycles. The van der Waals surface area contributed by atoms with Gasteiger partial charge in [-0.2, -0.15) is 12.6 Å². The van der Waals surface area contributed by atoms with Crippen molar-refractivity contribution in [1.82, 2.24) is 0 Å². The van der Waals surface area contributed by atoms with Crippen molar-refractivity contribution in [3.05, 3.63) is 29.8 Å². The molecule has 1 saturated carbocycles. The molecule has 2 rings (SSSR count). The summed E-state index contributed by atoms with van der Waals surface area (Å²) in [5, 5.41) is 0. The van der Waals surface area contributed by atoms with E-state index in [0.717, 1.165) is 18.8 Å². The minimum Gasteiger partial charge on any atom is -0.371 e. The fraction of sp³-hybridized carbons (Fsp3) is 0.667. The van der Waals surface area contributed by atoms with Crippen LogP contribution in [0.25, 0.3) is 0 Å². The van der Waals surface area contributed by atoms with E-state index in [1.807, 2.05) is 0 Å². The summed E-state index contributed by atoms with van der Waals surface area (Å²) in [6.45, 7) is 6.74. The first-order valence-corrected chi connectivity index (χ1v) is 8.75. The summed E-state index contributed by atoms with van der Waals surface area (Å²) in [6, 6.07) is 8.78. The molecule has 1 aliphatic rings. The lowest BCUT2D eigenvalue weighted by molar-refractivity contribution is 0.290. The van der Waals surface area contributed by atoms with Crippen molar-refractivity contribution < 1.29 is 0 Å². The standard InChI is InChI=1S/C18H29NS/c1-3-19(17-11-7-6-10-16(17)2)14-18(15-20)12-8-4-5-9-13-18/h6-7,10-11,20H,3-5,8-9,12-15H2,1-2H3. The molecule has 112 valence electrons. The van der Waals surface area contributed by atoms with E-state index in [2.05, 4.69) is 43.0 Å². The Kier molecular flexibility index (Phi) is 5.83. The molecule has 0 bridgehead atoms. The molecular formula is C18H29NS. The molecule has 1 aliphatic carbocycles. The number of benzene rings is 1. The van der Waals surface area contributed by atoms with Gasteiger partial charge in [0.25, 0.3) is 0 Å². The van der Waals surface area contributed by atoms with Crippen molar-refractivity contribution >= 4 is 18.3 Å². The van der Waals surface area contributed by atoms with Crippen LogP contribution in [-0.4, -0.2) is 18.8 Å². The Balaban J connectivity index is 2.17. The van der Waals surface area contributed by atoms with Crippen molar-refractivity contribution in [3.63, 3.8) is 0 Å². The summed E-state index contributed by atoms with van der Waals surface area (Å²) in [5.74, 6) is 1.02. The number of anilines is 1. The van der Waals surface area contributed by atoms with E-state index in [9.17, 15) is 0 Å². The minimum absolute atomic E-state index is 0.415. The molecule has 0 amide bonds. The number of aryl methyl sites for hydroxylation is 1. The molecule has 2 heteroatoms. The molecule has 0 aliphatic heterocycles. The van der Waals surface area contributed by atoms with Crippen molar-refractivity contribution in [1.29, 1.82) is 0 Å². The zero-order valence-electron chi connectivity index (χ0n) is 13.1. The zero-order chi connectivity index (χ0) is 14.4. The maximum Gasteiger partial charge on any atom is 0.0396 e. The van der Waals surface area contributed by atoms with E-state index in [1.165, 1.54) is 49.8 Å². The van der Waals surface area contributed by atoms with Gasteiger partial charge in [0.1, 0.15) is 0 Å². The summed E-state index contributed by atoms with van der Waals surface area (Å²) >= 11 is 4.72. The van der Waals surface area contributed by atoms with Gasteiger partial charge in [-0.05, 0) is 49.5 Å². The van der Waals surface area contributed by atoms with E-state index < -0.39 is 0 Å². The molecule has 0 spiro atoms. The van der Waals surface area contributed by atoms with Crippen LogP contribution < -0.4 is 4.90 Å². The molecule has 0 atom stereocenters. The maximum atomic E-state index is 4.72. The fourth-order valence-electron chi connectivity index (χ4n) is 3.54. The van der Waals surface area contributed by atoms with Crippen LogP contribution >= 0.6 is 12.6 Å². The van der Waals surface area contributed by atoms with Crippen LogP contribution in [0.4, 0.5) is 5.69 Å². The number of hydrogen-bond acceptors (Lipinski definition) is 2. The first-order chi connectivity index (χ1) is 9.71. The molecule has 0 unspecified atom stereocenters. The highest BCUT2D eigenvalue weighted by molar-refractivity contribution is 7.80. The summed E-state index contributed by atoms with van der Waals surface area (Å²) in [5.41, 5.74) is 3.20. The highest BCUT2D eigenvalue weighted by Crippen LogP contribution is 2.38. The average Bonchev–Trinajstić information content (AvgIpc) is 2.72. The molecule has 20 heavy (non-hydrogen) atoms. The zero-order valence-corrected chi connectivity index (χ0v) is 14.0. The van der Waals surface area contributed by atoms with Crippen LogP contribution in [0.3, 0.4) is 0 Å². The molecule has 0 saturated heterocycles. The topological polar surface area (TPSA) is 3.24 Å². The Bertz CT molecular complexity index is 408. The fourth-order valence-corrected chi connectivity index (χ4v) is 3.95. The Labute approximate surface area is 130 Å². The van der Waals surface area contributed by atoms with Gasteiger partial charge in [-0.3, -0.25) is 0 Å². The van der Waals surface area contributed by atoms with Crippen LogP contribution in [0.5, 0.6) is 0 Å². The molecule has 1 fully saturated rings. The van der Waals surface area contributed by atoms with Crippen LogP contribution in [0.2, 0.25) is 0 Å². The van der Waals surface area contributed by atoms with Crippen LogP contribution in [-0.2, 0) is 0 Å². The minimum atomic E-state index is 0.415. The van der Waals surface area contributed by atoms with Crippen LogP contribution in [0.15, 0.2) is 24.3 Å². The van der Waals surface area contributed by atoms with Gasteiger partial charge in [0, 0.05) is 18.8 Å². The van der Waals surface area contributed by atoms with E-state index in [0.29, 0.717) is 5.41 Å². The Morgan fingerprint density at radius 2 is 1.75 bits per heavy atom. The maximum absolute atomic E-state index is 4.72. The van der Waals surface area contributed by atoms with E-state index >= 15 is 0 Å². The Morgan fingerprint density at radius 3 is 2.30 bits per heavy atom. The van der Waals surface area contributed by atoms with E-state index in [-0.39, 0.29) is 0 Å². The Hall–Kier alpha value is -0.630. The third-order valence-electron chi connectivity index (χ3n) is 4.86. The molecule has 1 aromatic carbocycles. The molecule has 1 nitrogen and oxygen atoms in total. The monoisotopic (exact) mass is 291 g/mol. The average molecular weight is 292 g/mol. The summed E-state index contributed by atoms with van der Waals surface area (Å²) in [7, 11) is 0. The summed E-state index contributed by atoms with van der Waals surface area (Å²) < 4.78 is 0.